The number of unbranched alkanes of at least 4 members (excludes halogenated alkanes) is 1. The van der Waals surface area contributed by atoms with Crippen LogP contribution < -0.4 is 10.1 Å². The summed E-state index contributed by atoms with van der Waals surface area (Å²) in [4.78, 5) is 22.9. The Hall–Kier alpha value is -2.89. The first-order valence-electron chi connectivity index (χ1n) is 8.22. The van der Waals surface area contributed by atoms with Gasteiger partial charge in [0.15, 0.2) is 0 Å². The van der Waals surface area contributed by atoms with Gasteiger partial charge >= 0.3 is 0 Å². The SMILES string of the molecule is COc1ccccc1C=CC(=O)Nc1cnn(CCCCC(C)=O)c1. The minimum atomic E-state index is -0.234. The predicted octanol–water partition coefficient (Wildman–Crippen LogP) is 3.30. The third-order valence-corrected chi connectivity index (χ3v) is 3.62. The van der Waals surface area contributed by atoms with E-state index in [1.165, 1.54) is 6.08 Å². The molecule has 0 aliphatic heterocycles. The molecule has 0 saturated carbocycles. The smallest absolute Gasteiger partial charge is 0.248 e. The number of benzene rings is 1. The number of nitrogens with one attached hydrogen (secondary N) is 1. The zero-order chi connectivity index (χ0) is 18.1. The van der Waals surface area contributed by atoms with Crippen LogP contribution in [0.15, 0.2) is 42.7 Å². The lowest BCUT2D eigenvalue weighted by molar-refractivity contribution is -0.117. The van der Waals surface area contributed by atoms with E-state index >= 15 is 0 Å². The Bertz CT molecular complexity index is 750. The Morgan fingerprint density at radius 1 is 1.28 bits per heavy atom. The van der Waals surface area contributed by atoms with Gasteiger partial charge in [0.1, 0.15) is 11.5 Å². The van der Waals surface area contributed by atoms with Gasteiger partial charge in [0.05, 0.1) is 19.0 Å². The van der Waals surface area contributed by atoms with E-state index < -0.39 is 0 Å². The molecule has 25 heavy (non-hydrogen) atoms. The van der Waals surface area contributed by atoms with Crippen molar-refractivity contribution in [1.82, 2.24) is 9.78 Å². The molecule has 0 aliphatic carbocycles. The zero-order valence-corrected chi connectivity index (χ0v) is 14.6. The van der Waals surface area contributed by atoms with Crippen molar-refractivity contribution >= 4 is 23.5 Å². The summed E-state index contributed by atoms with van der Waals surface area (Å²) in [6.45, 7) is 2.32. The number of anilines is 1. The van der Waals surface area contributed by atoms with Crippen LogP contribution in [0.5, 0.6) is 5.75 Å². The summed E-state index contributed by atoms with van der Waals surface area (Å²) in [6, 6.07) is 7.48. The molecule has 1 amide bonds. The maximum atomic E-state index is 12.0. The normalized spacial score (nSPS) is 10.8. The highest BCUT2D eigenvalue weighted by Gasteiger charge is 2.03. The molecule has 1 aromatic heterocycles. The van der Waals surface area contributed by atoms with Crippen LogP contribution in [-0.2, 0) is 16.1 Å². The topological polar surface area (TPSA) is 73.2 Å². The first kappa shape index (κ1) is 18.4. The van der Waals surface area contributed by atoms with Crippen LogP contribution in [0.1, 0.15) is 31.7 Å². The van der Waals surface area contributed by atoms with Gasteiger partial charge in [-0.1, -0.05) is 18.2 Å². The fraction of sp³-hybridized carbons (Fsp3) is 0.316. The number of rotatable bonds is 9. The van der Waals surface area contributed by atoms with Crippen molar-refractivity contribution in [3.05, 3.63) is 48.3 Å². The van der Waals surface area contributed by atoms with E-state index in [-0.39, 0.29) is 11.7 Å². The molecule has 0 saturated heterocycles. The molecule has 0 unspecified atom stereocenters. The Balaban J connectivity index is 1.84. The molecule has 132 valence electrons. The predicted molar refractivity (Wildman–Crippen MR) is 97.4 cm³/mol. The molecule has 1 N–H and O–H groups in total. The van der Waals surface area contributed by atoms with Gasteiger partial charge in [0.25, 0.3) is 0 Å². The summed E-state index contributed by atoms with van der Waals surface area (Å²) in [5, 5.41) is 6.98. The van der Waals surface area contributed by atoms with Crippen molar-refractivity contribution in [3.8, 4) is 5.75 Å². The maximum Gasteiger partial charge on any atom is 0.248 e. The van der Waals surface area contributed by atoms with E-state index in [4.69, 9.17) is 4.74 Å². The molecule has 0 bridgehead atoms. The van der Waals surface area contributed by atoms with Gasteiger partial charge in [-0.05, 0) is 31.9 Å². The van der Waals surface area contributed by atoms with E-state index in [1.54, 1.807) is 37.2 Å². The molecule has 1 aromatic carbocycles. The summed E-state index contributed by atoms with van der Waals surface area (Å²) in [6.07, 6.45) is 8.88. The van der Waals surface area contributed by atoms with Gasteiger partial charge < -0.3 is 14.8 Å². The molecule has 0 radical (unpaired) electrons. The van der Waals surface area contributed by atoms with Crippen molar-refractivity contribution < 1.29 is 14.3 Å². The molecule has 6 nitrogen and oxygen atoms in total. The molecular formula is C19H23N3O3. The fourth-order valence-electron chi connectivity index (χ4n) is 2.35. The molecule has 2 rings (SSSR count). The number of carbonyl (C=O) groups excluding carboxylic acids is 2. The summed E-state index contributed by atoms with van der Waals surface area (Å²) in [7, 11) is 1.59. The second kappa shape index (κ2) is 9.42. The van der Waals surface area contributed by atoms with Gasteiger partial charge in [-0.25, -0.2) is 0 Å². The molecule has 0 atom stereocenters. The third kappa shape index (κ3) is 6.25. The quantitative estimate of drug-likeness (QED) is 0.561. The minimum Gasteiger partial charge on any atom is -0.496 e. The summed E-state index contributed by atoms with van der Waals surface area (Å²) in [5.74, 6) is 0.683. The summed E-state index contributed by atoms with van der Waals surface area (Å²) in [5.41, 5.74) is 1.47. The molecule has 0 fully saturated rings. The van der Waals surface area contributed by atoms with E-state index in [0.717, 1.165) is 24.9 Å². The molecule has 6 heteroatoms. The number of hydrogen-bond donors (Lipinski definition) is 1. The van der Waals surface area contributed by atoms with E-state index in [9.17, 15) is 9.59 Å². The number of amides is 1. The lowest BCUT2D eigenvalue weighted by Crippen LogP contribution is -2.07. The summed E-state index contributed by atoms with van der Waals surface area (Å²) < 4.78 is 7.01. The van der Waals surface area contributed by atoms with E-state index in [2.05, 4.69) is 10.4 Å². The average Bonchev–Trinajstić information content (AvgIpc) is 3.04. The van der Waals surface area contributed by atoms with Crippen molar-refractivity contribution in [2.45, 2.75) is 32.7 Å². The fourth-order valence-corrected chi connectivity index (χ4v) is 2.35. The minimum absolute atomic E-state index is 0.204. The maximum absolute atomic E-state index is 12.0. The van der Waals surface area contributed by atoms with Crippen LogP contribution in [-0.4, -0.2) is 28.6 Å². The van der Waals surface area contributed by atoms with Crippen LogP contribution >= 0.6 is 0 Å². The van der Waals surface area contributed by atoms with Crippen LogP contribution in [0.2, 0.25) is 0 Å². The average molecular weight is 341 g/mol. The number of hydrogen-bond acceptors (Lipinski definition) is 4. The van der Waals surface area contributed by atoms with Gasteiger partial charge in [-0.3, -0.25) is 9.48 Å². The molecule has 0 aliphatic rings. The standard InChI is InChI=1S/C19H23N3O3/c1-15(23)7-5-6-12-22-14-17(13-20-22)21-19(24)11-10-16-8-3-4-9-18(16)25-2/h3-4,8-11,13-14H,5-7,12H2,1-2H3,(H,21,24). The highest BCUT2D eigenvalue weighted by Crippen LogP contribution is 2.18. The number of Topliss-reactive ketones (excluding diaryl/α,β-unsaturated/α-hetero) is 1. The van der Waals surface area contributed by atoms with Gasteiger partial charge in [-0.15, -0.1) is 0 Å². The molecule has 0 spiro atoms. The Morgan fingerprint density at radius 3 is 2.84 bits per heavy atom. The number of para-hydroxylation sites is 1. The van der Waals surface area contributed by atoms with Gasteiger partial charge in [0.2, 0.25) is 5.91 Å². The van der Waals surface area contributed by atoms with E-state index in [1.807, 2.05) is 24.3 Å². The highest BCUT2D eigenvalue weighted by atomic mass is 16.5. The van der Waals surface area contributed by atoms with Crippen molar-refractivity contribution in [1.29, 1.82) is 0 Å². The number of aryl methyl sites for hydroxylation is 1. The van der Waals surface area contributed by atoms with E-state index in [0.29, 0.717) is 17.9 Å². The molecule has 1 heterocycles. The van der Waals surface area contributed by atoms with Gasteiger partial charge in [-0.2, -0.15) is 5.10 Å². The number of methoxy groups -OCH3 is 1. The monoisotopic (exact) mass is 341 g/mol. The largest absolute Gasteiger partial charge is 0.496 e. The zero-order valence-electron chi connectivity index (χ0n) is 14.6. The first-order chi connectivity index (χ1) is 12.1. The first-order valence-corrected chi connectivity index (χ1v) is 8.22. The number of carbonyl (C=O) groups is 2. The van der Waals surface area contributed by atoms with Crippen molar-refractivity contribution in [3.63, 3.8) is 0 Å². The molecule has 2 aromatic rings. The number of aromatic nitrogens is 2. The second-order valence-corrected chi connectivity index (χ2v) is 5.72. The number of nitrogens with zero attached hydrogens (tertiary/aromatic N) is 2. The molecular weight excluding hydrogens is 318 g/mol. The lowest BCUT2D eigenvalue weighted by atomic mass is 10.2. The van der Waals surface area contributed by atoms with Crippen molar-refractivity contribution in [2.75, 3.05) is 12.4 Å². The Morgan fingerprint density at radius 2 is 2.08 bits per heavy atom. The number of ketones is 1. The Kier molecular flexibility index (Phi) is 6.95. The van der Waals surface area contributed by atoms with Crippen LogP contribution in [0.3, 0.4) is 0 Å². The van der Waals surface area contributed by atoms with Crippen LogP contribution in [0.25, 0.3) is 6.08 Å². The summed E-state index contributed by atoms with van der Waals surface area (Å²) >= 11 is 0. The van der Waals surface area contributed by atoms with Crippen LogP contribution in [0, 0.1) is 0 Å². The third-order valence-electron chi connectivity index (χ3n) is 3.62. The Labute approximate surface area is 147 Å². The second-order valence-electron chi connectivity index (χ2n) is 5.72. The number of ether oxygens (including phenoxy) is 1. The lowest BCUT2D eigenvalue weighted by Gasteiger charge is -2.03. The van der Waals surface area contributed by atoms with Crippen LogP contribution in [0.4, 0.5) is 5.69 Å². The highest BCUT2D eigenvalue weighted by molar-refractivity contribution is 6.01. The van der Waals surface area contributed by atoms with Gasteiger partial charge in [0, 0.05) is 30.8 Å². The van der Waals surface area contributed by atoms with Crippen molar-refractivity contribution in [2.24, 2.45) is 0 Å².